The topological polar surface area (TPSA) is 73.7 Å². The lowest BCUT2D eigenvalue weighted by molar-refractivity contribution is -0.133. The number of carbonyl (C=O) groups is 1. The fraction of sp³-hybridized carbons (Fsp3) is 0.444. The molecule has 0 aliphatic rings. The van der Waals surface area contributed by atoms with E-state index < -0.39 is 6.04 Å². The van der Waals surface area contributed by atoms with Gasteiger partial charge in [0.2, 0.25) is 5.91 Å². The molecule has 1 atom stereocenters. The van der Waals surface area contributed by atoms with Crippen LogP contribution in [-0.2, 0) is 4.79 Å². The Morgan fingerprint density at radius 3 is 2.51 bits per heavy atom. The molecule has 0 N–H and O–H groups in total. The summed E-state index contributed by atoms with van der Waals surface area (Å²) < 4.78 is 13.2. The van der Waals surface area contributed by atoms with Crippen molar-refractivity contribution in [1.29, 1.82) is 0 Å². The second kappa shape index (κ2) is 12.2. The number of benzene rings is 2. The number of aromatic nitrogens is 2. The van der Waals surface area contributed by atoms with Crippen LogP contribution in [-0.4, -0.2) is 41.1 Å². The average molecular weight is 544 g/mol. The summed E-state index contributed by atoms with van der Waals surface area (Å²) in [5, 5.41) is 0.494. The summed E-state index contributed by atoms with van der Waals surface area (Å²) in [6.07, 6.45) is 4.19. The third kappa shape index (κ3) is 5.69. The highest BCUT2D eigenvalue weighted by atomic mass is 79.9. The van der Waals surface area contributed by atoms with Crippen LogP contribution in [0.15, 0.2) is 45.7 Å². The van der Waals surface area contributed by atoms with Crippen molar-refractivity contribution in [2.45, 2.75) is 58.9 Å². The summed E-state index contributed by atoms with van der Waals surface area (Å²) in [6.45, 7) is 6.68. The van der Waals surface area contributed by atoms with Crippen LogP contribution in [0.2, 0.25) is 0 Å². The molecule has 188 valence electrons. The number of hydrogen-bond acceptors (Lipinski definition) is 5. The maximum absolute atomic E-state index is 13.9. The molecule has 0 fully saturated rings. The SMILES string of the molecule is CCCCCC(=O)N(CCC)C(C)c1nc2ccccc2c(=O)n1-c1cc(OC)cc(OC)c1Br. The number of para-hydroxylation sites is 1. The van der Waals surface area contributed by atoms with Crippen molar-refractivity contribution in [3.63, 3.8) is 0 Å². The average Bonchev–Trinajstić information content (AvgIpc) is 2.87. The first-order valence-electron chi connectivity index (χ1n) is 12.1. The minimum absolute atomic E-state index is 0.0732. The number of rotatable bonds is 11. The van der Waals surface area contributed by atoms with E-state index in [0.717, 1.165) is 25.7 Å². The van der Waals surface area contributed by atoms with E-state index in [-0.39, 0.29) is 11.5 Å². The van der Waals surface area contributed by atoms with Crippen LogP contribution >= 0.6 is 15.9 Å². The number of ether oxygens (including phenoxy) is 2. The molecule has 0 aliphatic carbocycles. The van der Waals surface area contributed by atoms with Crippen molar-refractivity contribution < 1.29 is 14.3 Å². The Bertz CT molecular complexity index is 1240. The van der Waals surface area contributed by atoms with Crippen molar-refractivity contribution in [2.75, 3.05) is 20.8 Å². The van der Waals surface area contributed by atoms with Gasteiger partial charge in [-0.15, -0.1) is 0 Å². The molecule has 1 heterocycles. The first-order chi connectivity index (χ1) is 16.9. The van der Waals surface area contributed by atoms with Crippen LogP contribution in [0.25, 0.3) is 16.6 Å². The number of unbranched alkanes of at least 4 members (excludes halogenated alkanes) is 2. The number of halogens is 1. The van der Waals surface area contributed by atoms with Crippen LogP contribution < -0.4 is 15.0 Å². The van der Waals surface area contributed by atoms with Gasteiger partial charge in [0.15, 0.2) is 0 Å². The van der Waals surface area contributed by atoms with E-state index in [1.54, 1.807) is 37.0 Å². The zero-order valence-corrected chi connectivity index (χ0v) is 22.7. The molecule has 0 radical (unpaired) electrons. The Kier molecular flexibility index (Phi) is 9.32. The molecule has 3 rings (SSSR count). The highest BCUT2D eigenvalue weighted by molar-refractivity contribution is 9.10. The molecule has 7 nitrogen and oxygen atoms in total. The Hall–Kier alpha value is -2.87. The van der Waals surface area contributed by atoms with E-state index in [0.29, 0.717) is 51.4 Å². The number of fused-ring (bicyclic) bond motifs is 1. The Morgan fingerprint density at radius 1 is 1.11 bits per heavy atom. The smallest absolute Gasteiger partial charge is 0.266 e. The quantitative estimate of drug-likeness (QED) is 0.275. The molecule has 0 saturated heterocycles. The van der Waals surface area contributed by atoms with Crippen molar-refractivity contribution in [3.8, 4) is 17.2 Å². The molecule has 2 aromatic carbocycles. The summed E-state index contributed by atoms with van der Waals surface area (Å²) in [5.74, 6) is 1.63. The van der Waals surface area contributed by atoms with Gasteiger partial charge in [-0.3, -0.25) is 14.2 Å². The van der Waals surface area contributed by atoms with Gasteiger partial charge in [-0.05, 0) is 47.8 Å². The third-order valence-corrected chi connectivity index (χ3v) is 6.91. The van der Waals surface area contributed by atoms with Gasteiger partial charge in [-0.2, -0.15) is 0 Å². The zero-order chi connectivity index (χ0) is 25.5. The summed E-state index contributed by atoms with van der Waals surface area (Å²) in [7, 11) is 3.13. The van der Waals surface area contributed by atoms with Crippen molar-refractivity contribution in [3.05, 3.63) is 57.0 Å². The van der Waals surface area contributed by atoms with Gasteiger partial charge in [0.1, 0.15) is 17.3 Å². The normalized spacial score (nSPS) is 11.9. The predicted octanol–water partition coefficient (Wildman–Crippen LogP) is 6.05. The maximum Gasteiger partial charge on any atom is 0.266 e. The van der Waals surface area contributed by atoms with E-state index in [1.807, 2.05) is 36.9 Å². The second-order valence-electron chi connectivity index (χ2n) is 8.51. The van der Waals surface area contributed by atoms with Crippen LogP contribution in [0, 0.1) is 0 Å². The Balaban J connectivity index is 2.27. The van der Waals surface area contributed by atoms with Gasteiger partial charge in [0.05, 0.1) is 41.3 Å². The highest BCUT2D eigenvalue weighted by Gasteiger charge is 2.27. The first kappa shape index (κ1) is 26.7. The molecule has 1 amide bonds. The van der Waals surface area contributed by atoms with E-state index in [4.69, 9.17) is 14.5 Å². The molecule has 1 unspecified atom stereocenters. The monoisotopic (exact) mass is 543 g/mol. The minimum atomic E-state index is -0.425. The fourth-order valence-electron chi connectivity index (χ4n) is 4.24. The molecule has 0 aliphatic heterocycles. The lowest BCUT2D eigenvalue weighted by Crippen LogP contribution is -2.38. The van der Waals surface area contributed by atoms with Gasteiger partial charge in [-0.25, -0.2) is 4.98 Å². The van der Waals surface area contributed by atoms with Crippen LogP contribution in [0.4, 0.5) is 0 Å². The number of nitrogens with zero attached hydrogens (tertiary/aromatic N) is 3. The summed E-state index contributed by atoms with van der Waals surface area (Å²) >= 11 is 3.61. The van der Waals surface area contributed by atoms with E-state index in [1.165, 1.54) is 0 Å². The molecular weight excluding hydrogens is 510 g/mol. The van der Waals surface area contributed by atoms with Gasteiger partial charge < -0.3 is 14.4 Å². The lowest BCUT2D eigenvalue weighted by atomic mass is 10.1. The predicted molar refractivity (Wildman–Crippen MR) is 143 cm³/mol. The zero-order valence-electron chi connectivity index (χ0n) is 21.1. The molecule has 1 aromatic heterocycles. The van der Waals surface area contributed by atoms with Crippen LogP contribution in [0.3, 0.4) is 0 Å². The van der Waals surface area contributed by atoms with Crippen LogP contribution in [0.1, 0.15) is 64.7 Å². The molecule has 3 aromatic rings. The number of amides is 1. The van der Waals surface area contributed by atoms with Gasteiger partial charge in [-0.1, -0.05) is 38.8 Å². The maximum atomic E-state index is 13.9. The highest BCUT2D eigenvalue weighted by Crippen LogP contribution is 2.37. The number of hydrogen-bond donors (Lipinski definition) is 0. The van der Waals surface area contributed by atoms with E-state index >= 15 is 0 Å². The number of carbonyl (C=O) groups excluding carboxylic acids is 1. The Morgan fingerprint density at radius 2 is 1.86 bits per heavy atom. The molecule has 0 saturated carbocycles. The minimum Gasteiger partial charge on any atom is -0.497 e. The molecule has 0 spiro atoms. The summed E-state index contributed by atoms with van der Waals surface area (Å²) in [4.78, 5) is 33.9. The fourth-order valence-corrected chi connectivity index (χ4v) is 4.80. The third-order valence-electron chi connectivity index (χ3n) is 6.11. The molecule has 35 heavy (non-hydrogen) atoms. The van der Waals surface area contributed by atoms with Gasteiger partial charge in [0.25, 0.3) is 5.56 Å². The summed E-state index contributed by atoms with van der Waals surface area (Å²) in [6, 6.07) is 10.4. The van der Waals surface area contributed by atoms with Gasteiger partial charge in [0, 0.05) is 25.1 Å². The Labute approximate surface area is 215 Å². The van der Waals surface area contributed by atoms with Crippen LogP contribution in [0.5, 0.6) is 11.5 Å². The molecule has 0 bridgehead atoms. The lowest BCUT2D eigenvalue weighted by Gasteiger charge is -2.31. The largest absolute Gasteiger partial charge is 0.497 e. The molecule has 8 heteroatoms. The first-order valence-corrected chi connectivity index (χ1v) is 12.9. The number of methoxy groups -OCH3 is 2. The molecular formula is C27H34BrN3O4. The van der Waals surface area contributed by atoms with Crippen molar-refractivity contribution >= 4 is 32.7 Å². The van der Waals surface area contributed by atoms with E-state index in [9.17, 15) is 9.59 Å². The van der Waals surface area contributed by atoms with Crippen molar-refractivity contribution in [1.82, 2.24) is 14.5 Å². The van der Waals surface area contributed by atoms with E-state index in [2.05, 4.69) is 22.9 Å². The second-order valence-corrected chi connectivity index (χ2v) is 9.30. The van der Waals surface area contributed by atoms with Gasteiger partial charge >= 0.3 is 0 Å². The van der Waals surface area contributed by atoms with Crippen molar-refractivity contribution in [2.24, 2.45) is 0 Å². The summed E-state index contributed by atoms with van der Waals surface area (Å²) in [5.41, 5.74) is 0.918. The standard InChI is InChI=1S/C27H34BrN3O4/c1-6-8-9-14-24(32)30(15-7-2)18(3)26-29-21-13-11-10-12-20(21)27(33)31(26)22-16-19(34-4)17-23(35-5)25(22)28/h10-13,16-18H,6-9,14-15H2,1-5H3.